The van der Waals surface area contributed by atoms with Gasteiger partial charge in [-0.1, -0.05) is 248 Å². The standard InChI is InChI=1S/C64H113O11P/c1-4-7-10-13-16-19-22-25-28-30-33-35-38-41-44-47-50-53-62(66)71-57-61(75-64(68)55-52-49-46-43-40-37-34-31-29-26-23-20-17-14-11-8-5-2)59-73-76(69,70)72-58-60(56-65)74-63(67)54-51-48-45-42-39-36-32-27-24-21-18-15-12-9-6-3/h7,10,16,19,25-26,28-29,33,35,41,44,60-61,65H,4-6,8-9,11-15,17-18,20-24,27,30-32,34,36-40,42-43,45-59H2,1-3H3,(H,69,70)/b10-7-,19-16-,28-25-,29-26-,35-33-,44-41-. The molecule has 0 aromatic heterocycles. The summed E-state index contributed by atoms with van der Waals surface area (Å²) in [7, 11) is -4.76. The zero-order valence-electron chi connectivity index (χ0n) is 48.7. The van der Waals surface area contributed by atoms with Crippen LogP contribution < -0.4 is 0 Å². The highest BCUT2D eigenvalue weighted by molar-refractivity contribution is 7.47. The number of aliphatic hydroxyl groups excluding tert-OH is 1. The van der Waals surface area contributed by atoms with E-state index in [4.69, 9.17) is 23.3 Å². The van der Waals surface area contributed by atoms with Crippen LogP contribution in [0, 0.1) is 0 Å². The van der Waals surface area contributed by atoms with Gasteiger partial charge in [-0.15, -0.1) is 0 Å². The highest BCUT2D eigenvalue weighted by Gasteiger charge is 2.28. The first-order valence-electron chi connectivity index (χ1n) is 30.8. The number of unbranched alkanes of at least 4 members (excludes halogenated alkanes) is 28. The monoisotopic (exact) mass is 1090 g/mol. The van der Waals surface area contributed by atoms with Gasteiger partial charge in [-0.2, -0.15) is 0 Å². The van der Waals surface area contributed by atoms with Crippen LogP contribution in [0.4, 0.5) is 0 Å². The Hall–Kier alpha value is -3.08. The number of allylic oxidation sites excluding steroid dienone is 12. The molecule has 0 aromatic carbocycles. The van der Waals surface area contributed by atoms with E-state index >= 15 is 0 Å². The van der Waals surface area contributed by atoms with Crippen LogP contribution in [-0.2, 0) is 42.2 Å². The first kappa shape index (κ1) is 72.9. The molecular weight excluding hydrogens is 976 g/mol. The van der Waals surface area contributed by atoms with Crippen LogP contribution in [0.2, 0.25) is 0 Å². The number of phosphoric acid groups is 1. The van der Waals surface area contributed by atoms with E-state index in [2.05, 4.69) is 87.6 Å². The van der Waals surface area contributed by atoms with Crippen molar-refractivity contribution < 1.29 is 52.2 Å². The van der Waals surface area contributed by atoms with Gasteiger partial charge in [-0.25, -0.2) is 4.57 Å². The minimum Gasteiger partial charge on any atom is -0.462 e. The maximum absolute atomic E-state index is 12.9. The summed E-state index contributed by atoms with van der Waals surface area (Å²) in [5.41, 5.74) is 0. The van der Waals surface area contributed by atoms with Gasteiger partial charge in [0.05, 0.1) is 19.8 Å². The van der Waals surface area contributed by atoms with Crippen molar-refractivity contribution in [1.29, 1.82) is 0 Å². The molecule has 76 heavy (non-hydrogen) atoms. The molecule has 0 amide bonds. The van der Waals surface area contributed by atoms with Gasteiger partial charge in [0.25, 0.3) is 0 Å². The molecule has 0 saturated heterocycles. The van der Waals surface area contributed by atoms with Gasteiger partial charge >= 0.3 is 25.7 Å². The Bertz CT molecular complexity index is 1550. The SMILES string of the molecule is CC/C=C\C/C=C\C/C=C\C/C=C\C/C=C\CCCC(=O)OCC(COP(=O)(O)OCC(CO)OC(=O)CCCCCCCCCCCCCCCCC)OC(=O)CCCCCCCCC/C=C\CCCCCCCC. The van der Waals surface area contributed by atoms with Crippen LogP contribution in [0.5, 0.6) is 0 Å². The number of hydrogen-bond acceptors (Lipinski definition) is 10. The van der Waals surface area contributed by atoms with Crippen molar-refractivity contribution in [3.8, 4) is 0 Å². The van der Waals surface area contributed by atoms with Crippen molar-refractivity contribution in [3.63, 3.8) is 0 Å². The highest BCUT2D eigenvalue weighted by Crippen LogP contribution is 2.43. The fraction of sp³-hybridized carbons (Fsp3) is 0.766. The average molecular weight is 1090 g/mol. The number of esters is 3. The summed E-state index contributed by atoms with van der Waals surface area (Å²) in [6.07, 6.45) is 65.7. The van der Waals surface area contributed by atoms with Crippen molar-refractivity contribution in [1.82, 2.24) is 0 Å². The Morgan fingerprint density at radius 3 is 1.11 bits per heavy atom. The number of aliphatic hydroxyl groups is 1. The lowest BCUT2D eigenvalue weighted by Crippen LogP contribution is -2.30. The Balaban J connectivity index is 4.77. The lowest BCUT2D eigenvalue weighted by atomic mass is 10.0. The molecule has 0 aromatic rings. The van der Waals surface area contributed by atoms with E-state index in [0.29, 0.717) is 25.7 Å². The van der Waals surface area contributed by atoms with E-state index in [1.807, 2.05) is 6.08 Å². The smallest absolute Gasteiger partial charge is 0.462 e. The Morgan fingerprint density at radius 2 is 0.697 bits per heavy atom. The van der Waals surface area contributed by atoms with E-state index in [1.165, 1.54) is 128 Å². The van der Waals surface area contributed by atoms with E-state index in [0.717, 1.165) is 83.5 Å². The zero-order chi connectivity index (χ0) is 55.5. The van der Waals surface area contributed by atoms with Crippen LogP contribution in [-0.4, -0.2) is 66.5 Å². The van der Waals surface area contributed by atoms with Gasteiger partial charge in [-0.3, -0.25) is 23.4 Å². The van der Waals surface area contributed by atoms with E-state index in [-0.39, 0.29) is 25.9 Å². The summed E-state index contributed by atoms with van der Waals surface area (Å²) in [6, 6.07) is 0. The number of phosphoric ester groups is 1. The molecule has 0 rings (SSSR count). The number of carbonyl (C=O) groups is 3. The summed E-state index contributed by atoms with van der Waals surface area (Å²) >= 11 is 0. The third-order valence-electron chi connectivity index (χ3n) is 13.1. The second-order valence-electron chi connectivity index (χ2n) is 20.5. The molecule has 11 nitrogen and oxygen atoms in total. The summed E-state index contributed by atoms with van der Waals surface area (Å²) in [6.45, 7) is 4.50. The summed E-state index contributed by atoms with van der Waals surface area (Å²) < 4.78 is 39.6. The summed E-state index contributed by atoms with van der Waals surface area (Å²) in [4.78, 5) is 48.6. The molecule has 0 heterocycles. The molecule has 0 aliphatic heterocycles. The lowest BCUT2D eigenvalue weighted by Gasteiger charge is -2.21. The molecule has 2 N–H and O–H groups in total. The third kappa shape index (κ3) is 55.7. The number of rotatable bonds is 57. The fourth-order valence-corrected chi connectivity index (χ4v) is 9.23. The van der Waals surface area contributed by atoms with Crippen molar-refractivity contribution >= 4 is 25.7 Å². The normalized spacial score (nSPS) is 13.8. The maximum Gasteiger partial charge on any atom is 0.472 e. The van der Waals surface area contributed by atoms with Crippen molar-refractivity contribution in [2.75, 3.05) is 26.4 Å². The predicted octanol–water partition coefficient (Wildman–Crippen LogP) is 18.5. The first-order chi connectivity index (χ1) is 37.2. The van der Waals surface area contributed by atoms with Crippen LogP contribution in [0.25, 0.3) is 0 Å². The molecule has 0 spiro atoms. The molecule has 12 heteroatoms. The van der Waals surface area contributed by atoms with E-state index in [9.17, 15) is 28.9 Å². The molecule has 0 aliphatic rings. The van der Waals surface area contributed by atoms with Crippen LogP contribution in [0.1, 0.15) is 278 Å². The molecule has 0 bridgehead atoms. The molecule has 0 saturated carbocycles. The van der Waals surface area contributed by atoms with Gasteiger partial charge in [-0.05, 0) is 83.5 Å². The Kier molecular flexibility index (Phi) is 55.7. The Labute approximate surface area is 465 Å². The molecule has 0 aliphatic carbocycles. The van der Waals surface area contributed by atoms with Gasteiger partial charge in [0.1, 0.15) is 12.7 Å². The fourth-order valence-electron chi connectivity index (χ4n) is 8.45. The minimum absolute atomic E-state index is 0.147. The van der Waals surface area contributed by atoms with Crippen molar-refractivity contribution in [3.05, 3.63) is 72.9 Å². The van der Waals surface area contributed by atoms with Gasteiger partial charge in [0.2, 0.25) is 0 Å². The maximum atomic E-state index is 12.9. The predicted molar refractivity (Wildman–Crippen MR) is 316 cm³/mol. The lowest BCUT2D eigenvalue weighted by molar-refractivity contribution is -0.161. The highest BCUT2D eigenvalue weighted by atomic mass is 31.2. The van der Waals surface area contributed by atoms with E-state index in [1.54, 1.807) is 0 Å². The Morgan fingerprint density at radius 1 is 0.382 bits per heavy atom. The number of hydrogen-bond donors (Lipinski definition) is 2. The topological polar surface area (TPSA) is 155 Å². The molecular formula is C64H113O11P. The van der Waals surface area contributed by atoms with Crippen molar-refractivity contribution in [2.24, 2.45) is 0 Å². The largest absolute Gasteiger partial charge is 0.472 e. The van der Waals surface area contributed by atoms with Crippen molar-refractivity contribution in [2.45, 2.75) is 290 Å². The molecule has 440 valence electrons. The molecule has 0 fully saturated rings. The average Bonchev–Trinajstić information content (AvgIpc) is 3.41. The zero-order valence-corrected chi connectivity index (χ0v) is 49.6. The van der Waals surface area contributed by atoms with E-state index < -0.39 is 57.8 Å². The second-order valence-corrected chi connectivity index (χ2v) is 21.9. The van der Waals surface area contributed by atoms with Crippen LogP contribution >= 0.6 is 7.82 Å². The second kappa shape index (κ2) is 58.1. The first-order valence-corrected chi connectivity index (χ1v) is 32.3. The summed E-state index contributed by atoms with van der Waals surface area (Å²) in [5, 5.41) is 9.83. The minimum atomic E-state index is -4.76. The number of ether oxygens (including phenoxy) is 3. The molecule has 3 atom stereocenters. The number of carbonyl (C=O) groups excluding carboxylic acids is 3. The van der Waals surface area contributed by atoms with Gasteiger partial charge in [0, 0.05) is 19.3 Å². The summed E-state index contributed by atoms with van der Waals surface area (Å²) in [5.74, 6) is -1.53. The van der Waals surface area contributed by atoms with Crippen LogP contribution in [0.3, 0.4) is 0 Å². The molecule has 3 unspecified atom stereocenters. The van der Waals surface area contributed by atoms with Crippen LogP contribution in [0.15, 0.2) is 72.9 Å². The molecule has 0 radical (unpaired) electrons. The van der Waals surface area contributed by atoms with Gasteiger partial charge in [0.15, 0.2) is 6.10 Å². The quantitative estimate of drug-likeness (QED) is 0.0197. The van der Waals surface area contributed by atoms with Gasteiger partial charge < -0.3 is 24.2 Å². The third-order valence-corrected chi connectivity index (χ3v) is 14.1.